The summed E-state index contributed by atoms with van der Waals surface area (Å²) in [6, 6.07) is 11.5. The van der Waals surface area contributed by atoms with Gasteiger partial charge in [0.25, 0.3) is 0 Å². The van der Waals surface area contributed by atoms with Crippen LogP contribution >= 0.6 is 11.8 Å². The average molecular weight is 358 g/mol. The van der Waals surface area contributed by atoms with Crippen LogP contribution in [0, 0.1) is 34.3 Å². The van der Waals surface area contributed by atoms with Crippen LogP contribution in [0.4, 0.5) is 8.78 Å². The van der Waals surface area contributed by atoms with Gasteiger partial charge in [-0.1, -0.05) is 38.0 Å². The molecule has 2 rings (SSSR count). The lowest BCUT2D eigenvalue weighted by Gasteiger charge is -2.15. The smallest absolute Gasteiger partial charge is 0.186 e. The van der Waals surface area contributed by atoms with Gasteiger partial charge in [-0.05, 0) is 24.3 Å². The van der Waals surface area contributed by atoms with E-state index in [4.69, 9.17) is 15.3 Å². The first-order chi connectivity index (χ1) is 12.1. The summed E-state index contributed by atoms with van der Waals surface area (Å²) in [5.41, 5.74) is -1.22. The summed E-state index contributed by atoms with van der Waals surface area (Å²) in [5.74, 6) is -1.38. The Labute approximate surface area is 149 Å². The fraction of sp³-hybridized carbons (Fsp3) is 0.263. The highest BCUT2D eigenvalue weighted by Gasteiger charge is 2.26. The topological polar surface area (TPSA) is 56.8 Å². The van der Waals surface area contributed by atoms with Crippen LogP contribution in [0.1, 0.15) is 37.3 Å². The third-order valence-electron chi connectivity index (χ3n) is 3.47. The molecule has 0 aromatic heterocycles. The zero-order chi connectivity index (χ0) is 18.2. The molecule has 0 saturated carbocycles. The molecule has 3 nitrogen and oxygen atoms in total. The second-order valence-electron chi connectivity index (χ2n) is 5.23. The van der Waals surface area contributed by atoms with Crippen molar-refractivity contribution >= 4 is 11.8 Å². The third kappa shape index (κ3) is 4.29. The van der Waals surface area contributed by atoms with Gasteiger partial charge in [0.1, 0.15) is 29.0 Å². The number of halogens is 2. The van der Waals surface area contributed by atoms with Crippen LogP contribution in [0.25, 0.3) is 0 Å². The van der Waals surface area contributed by atoms with E-state index in [0.29, 0.717) is 11.5 Å². The van der Waals surface area contributed by atoms with E-state index in [1.807, 2.05) is 6.92 Å². The van der Waals surface area contributed by atoms with Gasteiger partial charge in [-0.3, -0.25) is 0 Å². The molecule has 6 heteroatoms. The van der Waals surface area contributed by atoms with Gasteiger partial charge >= 0.3 is 0 Å². The van der Waals surface area contributed by atoms with Crippen LogP contribution in [0.5, 0.6) is 11.5 Å². The monoisotopic (exact) mass is 358 g/mol. The van der Waals surface area contributed by atoms with E-state index in [1.54, 1.807) is 42.5 Å². The van der Waals surface area contributed by atoms with Crippen molar-refractivity contribution in [3.63, 3.8) is 0 Å². The fourth-order valence-electron chi connectivity index (χ4n) is 2.21. The molecular weight excluding hydrogens is 342 g/mol. The summed E-state index contributed by atoms with van der Waals surface area (Å²) >= 11 is 1.10. The summed E-state index contributed by atoms with van der Waals surface area (Å²) in [6.45, 7) is 2.05. The van der Waals surface area contributed by atoms with Crippen molar-refractivity contribution in [1.82, 2.24) is 0 Å². The number of para-hydroxylation sites is 1. The number of nitrogens with zero attached hydrogens (tertiary/aromatic N) is 2. The number of benzene rings is 2. The molecule has 0 radical (unpaired) electrons. The third-order valence-corrected chi connectivity index (χ3v) is 4.62. The molecule has 0 aliphatic carbocycles. The molecule has 0 amide bonds. The van der Waals surface area contributed by atoms with Crippen LogP contribution in [0.3, 0.4) is 0 Å². The van der Waals surface area contributed by atoms with Crippen molar-refractivity contribution in [2.75, 3.05) is 5.75 Å². The maximum Gasteiger partial charge on any atom is 0.186 e. The van der Waals surface area contributed by atoms with Crippen molar-refractivity contribution in [3.05, 3.63) is 53.1 Å². The van der Waals surface area contributed by atoms with Crippen molar-refractivity contribution in [1.29, 1.82) is 10.5 Å². The number of unbranched alkanes of at least 4 members (excludes halogenated alkanes) is 2. The Bertz CT molecular complexity index is 826. The first-order valence-electron chi connectivity index (χ1n) is 7.84. The zero-order valence-electron chi connectivity index (χ0n) is 13.7. The van der Waals surface area contributed by atoms with Gasteiger partial charge in [-0.2, -0.15) is 10.5 Å². The maximum atomic E-state index is 14.7. The van der Waals surface area contributed by atoms with Crippen molar-refractivity contribution in [3.8, 4) is 23.6 Å². The van der Waals surface area contributed by atoms with Crippen LogP contribution in [-0.2, 0) is 0 Å². The molecule has 2 aromatic rings. The van der Waals surface area contributed by atoms with Gasteiger partial charge in [0.2, 0.25) is 0 Å². The molecule has 0 saturated heterocycles. The van der Waals surface area contributed by atoms with E-state index < -0.39 is 22.8 Å². The quantitative estimate of drug-likeness (QED) is 0.465. The number of hydrogen-bond donors (Lipinski definition) is 0. The van der Waals surface area contributed by atoms with Crippen LogP contribution in [-0.4, -0.2) is 5.75 Å². The molecule has 0 aliphatic rings. The molecular formula is C19H16F2N2OS. The van der Waals surface area contributed by atoms with Gasteiger partial charge in [-0.15, -0.1) is 11.8 Å². The second-order valence-corrected chi connectivity index (χ2v) is 6.34. The van der Waals surface area contributed by atoms with Gasteiger partial charge < -0.3 is 4.74 Å². The highest BCUT2D eigenvalue weighted by Crippen LogP contribution is 2.41. The first-order valence-corrected chi connectivity index (χ1v) is 8.83. The minimum absolute atomic E-state index is 0.0759. The van der Waals surface area contributed by atoms with E-state index in [2.05, 4.69) is 0 Å². The Morgan fingerprint density at radius 3 is 2.24 bits per heavy atom. The van der Waals surface area contributed by atoms with Crippen LogP contribution in [0.15, 0.2) is 35.2 Å². The molecule has 0 unspecified atom stereocenters. The Morgan fingerprint density at radius 2 is 1.64 bits per heavy atom. The van der Waals surface area contributed by atoms with Crippen molar-refractivity contribution < 1.29 is 13.5 Å². The number of nitriles is 2. The lowest BCUT2D eigenvalue weighted by atomic mass is 10.1. The minimum atomic E-state index is -1.01. The van der Waals surface area contributed by atoms with E-state index in [1.165, 1.54) is 0 Å². The summed E-state index contributed by atoms with van der Waals surface area (Å²) in [4.78, 5) is -0.0759. The Hall–Kier alpha value is -2.57. The lowest BCUT2D eigenvalue weighted by Crippen LogP contribution is -2.03. The highest BCUT2D eigenvalue weighted by atomic mass is 32.2. The molecule has 0 atom stereocenters. The molecule has 0 fully saturated rings. The Balaban J connectivity index is 2.51. The molecule has 0 spiro atoms. The van der Waals surface area contributed by atoms with Crippen LogP contribution in [0.2, 0.25) is 0 Å². The summed E-state index contributed by atoms with van der Waals surface area (Å²) in [6.07, 6.45) is 2.80. The van der Waals surface area contributed by atoms with Crippen LogP contribution < -0.4 is 4.74 Å². The summed E-state index contributed by atoms with van der Waals surface area (Å²) in [5, 5.41) is 18.2. The first kappa shape index (κ1) is 18.8. The van der Waals surface area contributed by atoms with E-state index in [0.717, 1.165) is 31.0 Å². The lowest BCUT2D eigenvalue weighted by molar-refractivity contribution is 0.418. The standard InChI is InChI=1S/C19H16F2N2OS/c1-2-3-7-10-25-19-17(21)15(12-23)14(11-22)16(20)18(19)24-13-8-5-4-6-9-13/h4-6,8-9H,2-3,7,10H2,1H3. The summed E-state index contributed by atoms with van der Waals surface area (Å²) in [7, 11) is 0. The van der Waals surface area contributed by atoms with Gasteiger partial charge in [0.05, 0.1) is 4.90 Å². The highest BCUT2D eigenvalue weighted by molar-refractivity contribution is 7.99. The number of ether oxygens (including phenoxy) is 1. The minimum Gasteiger partial charge on any atom is -0.453 e. The number of hydrogen-bond acceptors (Lipinski definition) is 4. The Kier molecular flexibility index (Phi) is 6.80. The number of thioether (sulfide) groups is 1. The fourth-order valence-corrected chi connectivity index (χ4v) is 3.25. The molecule has 128 valence electrons. The van der Waals surface area contributed by atoms with E-state index in [9.17, 15) is 8.78 Å². The molecule has 0 aliphatic heterocycles. The summed E-state index contributed by atoms with van der Waals surface area (Å²) < 4.78 is 35.0. The molecule has 2 aromatic carbocycles. The van der Waals surface area contributed by atoms with Gasteiger partial charge in [0, 0.05) is 0 Å². The Morgan fingerprint density at radius 1 is 1.00 bits per heavy atom. The molecule has 0 heterocycles. The van der Waals surface area contributed by atoms with E-state index >= 15 is 0 Å². The SMILES string of the molecule is CCCCCSc1c(F)c(C#N)c(C#N)c(F)c1Oc1ccccc1. The zero-order valence-corrected chi connectivity index (χ0v) is 14.5. The van der Waals surface area contributed by atoms with Gasteiger partial charge in [0.15, 0.2) is 17.4 Å². The predicted molar refractivity (Wildman–Crippen MR) is 92.6 cm³/mol. The van der Waals surface area contributed by atoms with Gasteiger partial charge in [-0.25, -0.2) is 8.78 Å². The normalized spacial score (nSPS) is 10.1. The molecule has 25 heavy (non-hydrogen) atoms. The predicted octanol–water partition coefficient (Wildman–Crippen LogP) is 5.78. The number of rotatable bonds is 7. The largest absolute Gasteiger partial charge is 0.453 e. The molecule has 0 bridgehead atoms. The van der Waals surface area contributed by atoms with Crippen molar-refractivity contribution in [2.45, 2.75) is 31.1 Å². The maximum absolute atomic E-state index is 14.7. The molecule has 0 N–H and O–H groups in total. The second kappa shape index (κ2) is 9.05. The van der Waals surface area contributed by atoms with E-state index in [-0.39, 0.29) is 10.6 Å². The average Bonchev–Trinajstić information content (AvgIpc) is 2.64. The van der Waals surface area contributed by atoms with Crippen molar-refractivity contribution in [2.24, 2.45) is 0 Å².